The molecule has 0 aliphatic heterocycles. The summed E-state index contributed by atoms with van der Waals surface area (Å²) >= 11 is 0. The lowest BCUT2D eigenvalue weighted by Gasteiger charge is -2.02. The molecule has 0 unspecified atom stereocenters. The van der Waals surface area contributed by atoms with Crippen LogP contribution in [0.4, 0.5) is 0 Å². The summed E-state index contributed by atoms with van der Waals surface area (Å²) in [5.74, 6) is -1.00. The highest BCUT2D eigenvalue weighted by Crippen LogP contribution is 2.08. The van der Waals surface area contributed by atoms with E-state index in [1.165, 1.54) is 38.5 Å². The quantitative estimate of drug-likeness (QED) is 0.311. The summed E-state index contributed by atoms with van der Waals surface area (Å²) in [6.07, 6.45) is 11.9. The first kappa shape index (κ1) is 18.7. The van der Waals surface area contributed by atoms with E-state index in [1.54, 1.807) is 6.92 Å². The van der Waals surface area contributed by atoms with Gasteiger partial charge in [-0.1, -0.05) is 51.9 Å². The first-order valence-electron chi connectivity index (χ1n) is 7.72. The van der Waals surface area contributed by atoms with E-state index in [-0.39, 0.29) is 0 Å². The summed E-state index contributed by atoms with van der Waals surface area (Å²) in [5.41, 5.74) is 0. The van der Waals surface area contributed by atoms with Gasteiger partial charge in [-0.2, -0.15) is 0 Å². The second kappa shape index (κ2) is 14.1. The Hall–Kier alpha value is -1.32. The summed E-state index contributed by atoms with van der Waals surface area (Å²) < 4.78 is 9.64. The standard InChI is InChI=1S/C16H28O4/c1-3-5-6-7-8-9-10-11-14-20-16(18)13-12-15(17)19-4-2/h12-13H,3-11,14H2,1-2H3. The van der Waals surface area contributed by atoms with E-state index >= 15 is 0 Å². The van der Waals surface area contributed by atoms with Crippen molar-refractivity contribution in [2.24, 2.45) is 0 Å². The fraction of sp³-hybridized carbons (Fsp3) is 0.750. The van der Waals surface area contributed by atoms with Crippen LogP contribution in [-0.2, 0) is 19.1 Å². The molecule has 0 aromatic carbocycles. The molecule has 4 heteroatoms. The van der Waals surface area contributed by atoms with E-state index in [1.807, 2.05) is 0 Å². The van der Waals surface area contributed by atoms with Crippen LogP contribution in [0.2, 0.25) is 0 Å². The highest BCUT2D eigenvalue weighted by Gasteiger charge is 2.00. The lowest BCUT2D eigenvalue weighted by atomic mass is 10.1. The molecule has 0 saturated carbocycles. The Bertz CT molecular complexity index is 284. The predicted octanol–water partition coefficient (Wildman–Crippen LogP) is 3.79. The summed E-state index contributed by atoms with van der Waals surface area (Å²) in [7, 11) is 0. The van der Waals surface area contributed by atoms with Crippen molar-refractivity contribution >= 4 is 11.9 Å². The molecule has 0 aliphatic carbocycles. The minimum absolute atomic E-state index is 0.302. The molecule has 0 saturated heterocycles. The third kappa shape index (κ3) is 13.1. The minimum atomic E-state index is -0.517. The van der Waals surface area contributed by atoms with Crippen molar-refractivity contribution in [3.63, 3.8) is 0 Å². The number of carbonyl (C=O) groups is 2. The maximum Gasteiger partial charge on any atom is 0.331 e. The first-order chi connectivity index (χ1) is 9.70. The number of carbonyl (C=O) groups excluding carboxylic acids is 2. The molecular formula is C16H28O4. The van der Waals surface area contributed by atoms with Gasteiger partial charge in [0.2, 0.25) is 0 Å². The van der Waals surface area contributed by atoms with Crippen LogP contribution in [0.25, 0.3) is 0 Å². The number of unbranched alkanes of at least 4 members (excludes halogenated alkanes) is 7. The molecular weight excluding hydrogens is 256 g/mol. The van der Waals surface area contributed by atoms with Gasteiger partial charge in [-0.05, 0) is 13.3 Å². The third-order valence-electron chi connectivity index (χ3n) is 2.88. The average Bonchev–Trinajstić information content (AvgIpc) is 2.43. The Morgan fingerprint density at radius 3 is 1.80 bits per heavy atom. The number of esters is 2. The van der Waals surface area contributed by atoms with Gasteiger partial charge in [0.25, 0.3) is 0 Å². The van der Waals surface area contributed by atoms with Gasteiger partial charge in [0, 0.05) is 12.2 Å². The molecule has 0 atom stereocenters. The third-order valence-corrected chi connectivity index (χ3v) is 2.88. The molecule has 0 bridgehead atoms. The molecule has 0 N–H and O–H groups in total. The van der Waals surface area contributed by atoms with Crippen molar-refractivity contribution in [2.75, 3.05) is 13.2 Å². The number of rotatable bonds is 12. The van der Waals surface area contributed by atoms with Crippen LogP contribution in [0.1, 0.15) is 65.2 Å². The van der Waals surface area contributed by atoms with E-state index in [0.29, 0.717) is 13.2 Å². The van der Waals surface area contributed by atoms with E-state index < -0.39 is 11.9 Å². The van der Waals surface area contributed by atoms with E-state index in [0.717, 1.165) is 25.0 Å². The van der Waals surface area contributed by atoms with Crippen LogP contribution in [0, 0.1) is 0 Å². The normalized spacial score (nSPS) is 10.7. The fourth-order valence-electron chi connectivity index (χ4n) is 1.78. The SMILES string of the molecule is CCCCCCCCCCOC(=O)C=CC(=O)OCC. The monoisotopic (exact) mass is 284 g/mol. The summed E-state index contributed by atoms with van der Waals surface area (Å²) in [6, 6.07) is 0. The highest BCUT2D eigenvalue weighted by atomic mass is 16.5. The van der Waals surface area contributed by atoms with Crippen molar-refractivity contribution in [1.29, 1.82) is 0 Å². The van der Waals surface area contributed by atoms with Gasteiger partial charge in [0.15, 0.2) is 0 Å². The lowest BCUT2D eigenvalue weighted by molar-refractivity contribution is -0.140. The van der Waals surface area contributed by atoms with Gasteiger partial charge in [0.05, 0.1) is 13.2 Å². The molecule has 0 aromatic rings. The molecule has 116 valence electrons. The van der Waals surface area contributed by atoms with Crippen molar-refractivity contribution in [1.82, 2.24) is 0 Å². The number of hydrogen-bond donors (Lipinski definition) is 0. The summed E-state index contributed by atoms with van der Waals surface area (Å²) in [4.78, 5) is 22.2. The van der Waals surface area contributed by atoms with Crippen LogP contribution in [0.15, 0.2) is 12.2 Å². The molecule has 0 heterocycles. The Labute approximate surface area is 122 Å². The number of hydrogen-bond acceptors (Lipinski definition) is 4. The Morgan fingerprint density at radius 1 is 0.750 bits per heavy atom. The molecule has 0 rings (SSSR count). The summed E-state index contributed by atoms with van der Waals surface area (Å²) in [5, 5.41) is 0. The van der Waals surface area contributed by atoms with Crippen LogP contribution >= 0.6 is 0 Å². The van der Waals surface area contributed by atoms with Crippen LogP contribution < -0.4 is 0 Å². The van der Waals surface area contributed by atoms with Crippen molar-refractivity contribution in [3.8, 4) is 0 Å². The second-order valence-electron chi connectivity index (χ2n) is 4.73. The average molecular weight is 284 g/mol. The van der Waals surface area contributed by atoms with Gasteiger partial charge in [0.1, 0.15) is 0 Å². The molecule has 0 fully saturated rings. The molecule has 4 nitrogen and oxygen atoms in total. The Morgan fingerprint density at radius 2 is 1.25 bits per heavy atom. The van der Waals surface area contributed by atoms with Crippen LogP contribution in [-0.4, -0.2) is 25.2 Å². The molecule has 0 aromatic heterocycles. The van der Waals surface area contributed by atoms with E-state index in [2.05, 4.69) is 11.7 Å². The van der Waals surface area contributed by atoms with E-state index in [9.17, 15) is 9.59 Å². The zero-order valence-electron chi connectivity index (χ0n) is 12.9. The van der Waals surface area contributed by atoms with Gasteiger partial charge in [-0.15, -0.1) is 0 Å². The molecule has 20 heavy (non-hydrogen) atoms. The van der Waals surface area contributed by atoms with Gasteiger partial charge >= 0.3 is 11.9 Å². The largest absolute Gasteiger partial charge is 0.463 e. The fourth-order valence-corrected chi connectivity index (χ4v) is 1.78. The zero-order valence-corrected chi connectivity index (χ0v) is 12.9. The zero-order chi connectivity index (χ0) is 15.1. The van der Waals surface area contributed by atoms with Crippen LogP contribution in [0.3, 0.4) is 0 Å². The topological polar surface area (TPSA) is 52.6 Å². The van der Waals surface area contributed by atoms with Crippen molar-refractivity contribution in [3.05, 3.63) is 12.2 Å². The smallest absolute Gasteiger partial charge is 0.331 e. The van der Waals surface area contributed by atoms with Gasteiger partial charge in [-0.25, -0.2) is 9.59 Å². The molecule has 0 amide bonds. The molecule has 0 spiro atoms. The molecule has 0 aliphatic rings. The van der Waals surface area contributed by atoms with Gasteiger partial charge in [-0.3, -0.25) is 0 Å². The maximum absolute atomic E-state index is 11.2. The lowest BCUT2D eigenvalue weighted by Crippen LogP contribution is -2.05. The van der Waals surface area contributed by atoms with Crippen molar-refractivity contribution < 1.29 is 19.1 Å². The number of ether oxygens (including phenoxy) is 2. The minimum Gasteiger partial charge on any atom is -0.463 e. The first-order valence-corrected chi connectivity index (χ1v) is 7.72. The predicted molar refractivity (Wildman–Crippen MR) is 79.3 cm³/mol. The van der Waals surface area contributed by atoms with Crippen LogP contribution in [0.5, 0.6) is 0 Å². The second-order valence-corrected chi connectivity index (χ2v) is 4.73. The van der Waals surface area contributed by atoms with Gasteiger partial charge < -0.3 is 9.47 Å². The Kier molecular flexibility index (Phi) is 13.2. The maximum atomic E-state index is 11.2. The summed E-state index contributed by atoms with van der Waals surface area (Å²) in [6.45, 7) is 4.65. The molecule has 0 radical (unpaired) electrons. The van der Waals surface area contributed by atoms with Crippen molar-refractivity contribution in [2.45, 2.75) is 65.2 Å². The highest BCUT2D eigenvalue weighted by molar-refractivity contribution is 5.91. The van der Waals surface area contributed by atoms with E-state index in [4.69, 9.17) is 4.74 Å². The Balaban J connectivity index is 3.37.